The van der Waals surface area contributed by atoms with E-state index in [-0.39, 0.29) is 26.0 Å². The average molecular weight is 382 g/mol. The molecule has 0 atom stereocenters. The number of rotatable bonds is 3. The van der Waals surface area contributed by atoms with Crippen LogP contribution in [0.2, 0.25) is 5.15 Å². The molecule has 1 aromatic heterocycles. The molecule has 0 spiro atoms. The molecule has 0 aliphatic rings. The first-order chi connectivity index (χ1) is 9.29. The lowest BCUT2D eigenvalue weighted by atomic mass is 10.3. The fraction of sp³-hybridized carbons (Fsp3) is 0. The quantitative estimate of drug-likeness (QED) is 0.796. The maximum atomic E-state index is 13.2. The van der Waals surface area contributed by atoms with Gasteiger partial charge in [0.15, 0.2) is 11.0 Å². The fourth-order valence-electron chi connectivity index (χ4n) is 1.34. The Balaban J connectivity index is 2.40. The summed E-state index contributed by atoms with van der Waals surface area (Å²) in [5.74, 6) is -0.693. The molecule has 0 fully saturated rings. The molecule has 0 radical (unpaired) electrons. The van der Waals surface area contributed by atoms with E-state index < -0.39 is 15.8 Å². The minimum Gasteiger partial charge on any atom is -0.398 e. The van der Waals surface area contributed by atoms with Crippen molar-refractivity contribution in [3.05, 3.63) is 39.7 Å². The van der Waals surface area contributed by atoms with E-state index in [0.29, 0.717) is 0 Å². The molecule has 0 aliphatic carbocycles. The number of halogens is 3. The maximum absolute atomic E-state index is 13.2. The Hall–Kier alpha value is -1.45. The van der Waals surface area contributed by atoms with Crippen molar-refractivity contribution < 1.29 is 12.8 Å². The number of hydrogen-bond donors (Lipinski definition) is 2. The molecular weight excluding hydrogens is 375 g/mol. The van der Waals surface area contributed by atoms with E-state index in [9.17, 15) is 12.8 Å². The normalized spacial score (nSPS) is 11.3. The average Bonchev–Trinajstić information content (AvgIpc) is 2.36. The summed E-state index contributed by atoms with van der Waals surface area (Å²) in [4.78, 5) is -0.275. The van der Waals surface area contributed by atoms with Gasteiger partial charge in [-0.2, -0.15) is 0 Å². The first-order valence-electron chi connectivity index (χ1n) is 5.06. The zero-order valence-corrected chi connectivity index (χ0v) is 12.8. The molecule has 0 unspecified atom stereocenters. The van der Waals surface area contributed by atoms with Gasteiger partial charge in [-0.1, -0.05) is 11.6 Å². The van der Waals surface area contributed by atoms with E-state index in [1.807, 2.05) is 0 Å². The van der Waals surface area contributed by atoms with E-state index in [0.717, 1.165) is 12.1 Å². The minimum absolute atomic E-state index is 0.0192. The number of hydrogen-bond acceptors (Lipinski definition) is 5. The summed E-state index contributed by atoms with van der Waals surface area (Å²) in [6.45, 7) is 0. The van der Waals surface area contributed by atoms with Crippen LogP contribution in [0.5, 0.6) is 0 Å². The second kappa shape index (κ2) is 5.51. The topological polar surface area (TPSA) is 98.0 Å². The molecule has 1 aromatic carbocycles. The number of aromatic nitrogens is 2. The SMILES string of the molecule is Nc1cc(F)c(Br)cc1S(=O)(=O)Nc1ccc(Cl)nn1. The van der Waals surface area contributed by atoms with Crippen LogP contribution in [0.15, 0.2) is 33.6 Å². The van der Waals surface area contributed by atoms with E-state index in [1.54, 1.807) is 0 Å². The molecule has 20 heavy (non-hydrogen) atoms. The number of sulfonamides is 1. The molecule has 2 rings (SSSR count). The van der Waals surface area contributed by atoms with Crippen molar-refractivity contribution in [1.82, 2.24) is 10.2 Å². The predicted molar refractivity (Wildman–Crippen MR) is 76.4 cm³/mol. The summed E-state index contributed by atoms with van der Waals surface area (Å²) in [6, 6.07) is 4.68. The van der Waals surface area contributed by atoms with Crippen molar-refractivity contribution in [1.29, 1.82) is 0 Å². The van der Waals surface area contributed by atoms with Gasteiger partial charge in [0.1, 0.15) is 10.7 Å². The summed E-state index contributed by atoms with van der Waals surface area (Å²) in [7, 11) is -4.01. The van der Waals surface area contributed by atoms with Crippen molar-refractivity contribution in [3.63, 3.8) is 0 Å². The standard InChI is InChI=1S/C10H7BrClFN4O2S/c11-5-3-8(7(14)4-6(5)13)20(18,19)17-10-2-1-9(12)15-16-10/h1-4H,14H2,(H,16,17). The molecule has 0 saturated heterocycles. The summed E-state index contributed by atoms with van der Waals surface area (Å²) in [5, 5.41) is 7.18. The van der Waals surface area contributed by atoms with Crippen LogP contribution in [0, 0.1) is 5.82 Å². The monoisotopic (exact) mass is 380 g/mol. The van der Waals surface area contributed by atoms with Gasteiger partial charge in [0, 0.05) is 0 Å². The molecule has 0 bridgehead atoms. The molecule has 1 heterocycles. The van der Waals surface area contributed by atoms with Crippen molar-refractivity contribution in [2.75, 3.05) is 10.5 Å². The van der Waals surface area contributed by atoms with Crippen LogP contribution in [-0.2, 0) is 10.0 Å². The second-order valence-electron chi connectivity index (χ2n) is 3.65. The van der Waals surface area contributed by atoms with Crippen molar-refractivity contribution >= 4 is 49.1 Å². The highest BCUT2D eigenvalue weighted by Gasteiger charge is 2.20. The Morgan fingerprint density at radius 3 is 2.60 bits per heavy atom. The molecule has 10 heteroatoms. The molecule has 0 saturated carbocycles. The zero-order chi connectivity index (χ0) is 14.9. The van der Waals surface area contributed by atoms with Crippen LogP contribution in [0.3, 0.4) is 0 Å². The summed E-state index contributed by atoms with van der Waals surface area (Å²) >= 11 is 8.44. The van der Waals surface area contributed by atoms with Crippen LogP contribution < -0.4 is 10.5 Å². The van der Waals surface area contributed by atoms with Gasteiger partial charge in [-0.05, 0) is 40.2 Å². The Labute approximate surface area is 127 Å². The van der Waals surface area contributed by atoms with Crippen LogP contribution in [0.4, 0.5) is 15.9 Å². The van der Waals surface area contributed by atoms with E-state index in [2.05, 4.69) is 30.8 Å². The van der Waals surface area contributed by atoms with Gasteiger partial charge in [-0.25, -0.2) is 12.8 Å². The van der Waals surface area contributed by atoms with Gasteiger partial charge in [0.2, 0.25) is 0 Å². The van der Waals surface area contributed by atoms with E-state index >= 15 is 0 Å². The largest absolute Gasteiger partial charge is 0.398 e. The highest BCUT2D eigenvalue weighted by molar-refractivity contribution is 9.10. The number of nitrogen functional groups attached to an aromatic ring is 1. The number of nitrogens with one attached hydrogen (secondary N) is 1. The highest BCUT2D eigenvalue weighted by atomic mass is 79.9. The summed E-state index contributed by atoms with van der Waals surface area (Å²) in [6.07, 6.45) is 0. The molecule has 6 nitrogen and oxygen atoms in total. The lowest BCUT2D eigenvalue weighted by Gasteiger charge is -2.10. The molecule has 106 valence electrons. The highest BCUT2D eigenvalue weighted by Crippen LogP contribution is 2.27. The first-order valence-corrected chi connectivity index (χ1v) is 7.71. The minimum atomic E-state index is -4.01. The molecule has 0 amide bonds. The Morgan fingerprint density at radius 2 is 2.00 bits per heavy atom. The zero-order valence-electron chi connectivity index (χ0n) is 9.64. The molecule has 3 N–H and O–H groups in total. The Bertz CT molecular complexity index is 755. The van der Waals surface area contributed by atoms with Crippen LogP contribution in [-0.4, -0.2) is 18.6 Å². The molecule has 2 aromatic rings. The van der Waals surface area contributed by atoms with Gasteiger partial charge >= 0.3 is 0 Å². The summed E-state index contributed by atoms with van der Waals surface area (Å²) < 4.78 is 39.7. The van der Waals surface area contributed by atoms with Crippen molar-refractivity contribution in [2.24, 2.45) is 0 Å². The van der Waals surface area contributed by atoms with Crippen molar-refractivity contribution in [3.8, 4) is 0 Å². The second-order valence-corrected chi connectivity index (χ2v) is 6.54. The third-order valence-corrected chi connectivity index (χ3v) is 4.43. The van der Waals surface area contributed by atoms with Gasteiger partial charge in [-0.15, -0.1) is 10.2 Å². The van der Waals surface area contributed by atoms with Crippen LogP contribution in [0.25, 0.3) is 0 Å². The number of anilines is 2. The van der Waals surface area contributed by atoms with Gasteiger partial charge in [0.05, 0.1) is 10.2 Å². The van der Waals surface area contributed by atoms with E-state index in [4.69, 9.17) is 17.3 Å². The smallest absolute Gasteiger partial charge is 0.265 e. The predicted octanol–water partition coefficient (Wildman–Crippen LogP) is 2.41. The number of benzene rings is 1. The maximum Gasteiger partial charge on any atom is 0.265 e. The molecular formula is C10H7BrClFN4O2S. The molecule has 0 aliphatic heterocycles. The lowest BCUT2D eigenvalue weighted by molar-refractivity contribution is 0.599. The third-order valence-electron chi connectivity index (χ3n) is 2.21. The Kier molecular flexibility index (Phi) is 4.11. The Morgan fingerprint density at radius 1 is 1.30 bits per heavy atom. The van der Waals surface area contributed by atoms with Gasteiger partial charge < -0.3 is 5.73 Å². The lowest BCUT2D eigenvalue weighted by Crippen LogP contribution is -2.16. The van der Waals surface area contributed by atoms with Crippen molar-refractivity contribution in [2.45, 2.75) is 4.90 Å². The fourth-order valence-corrected chi connectivity index (χ4v) is 3.07. The third kappa shape index (κ3) is 3.17. The summed E-state index contributed by atoms with van der Waals surface area (Å²) in [5.41, 5.74) is 5.29. The van der Waals surface area contributed by atoms with Crippen LogP contribution >= 0.6 is 27.5 Å². The van der Waals surface area contributed by atoms with Crippen LogP contribution in [0.1, 0.15) is 0 Å². The number of nitrogens with zero attached hydrogens (tertiary/aromatic N) is 2. The van der Waals surface area contributed by atoms with Gasteiger partial charge in [-0.3, -0.25) is 4.72 Å². The first kappa shape index (κ1) is 14.9. The van der Waals surface area contributed by atoms with E-state index in [1.165, 1.54) is 12.1 Å². The van der Waals surface area contributed by atoms with Gasteiger partial charge in [0.25, 0.3) is 10.0 Å². The number of nitrogens with two attached hydrogens (primary N) is 1.